The van der Waals surface area contributed by atoms with Crippen LogP contribution in [0.15, 0.2) is 12.1 Å². The number of carbonyl (C=O) groups excluding carboxylic acids is 1. The van der Waals surface area contributed by atoms with Gasteiger partial charge in [-0.05, 0) is 17.7 Å². The molecule has 1 aromatic carbocycles. The standard InChI is InChI=1S/C13H17ClN2O3/c1-16(2)12(17)3-4-15-7-9-5-10(14)13-11(6-9)18-8-19-13/h5-6,15H,3-4,7-8H2,1-2H3. The molecule has 1 aliphatic rings. The van der Waals surface area contributed by atoms with E-state index in [1.54, 1.807) is 19.0 Å². The van der Waals surface area contributed by atoms with Crippen LogP contribution in [-0.2, 0) is 11.3 Å². The number of amides is 1. The van der Waals surface area contributed by atoms with Crippen molar-refractivity contribution in [1.82, 2.24) is 10.2 Å². The van der Waals surface area contributed by atoms with E-state index >= 15 is 0 Å². The second-order valence-electron chi connectivity index (χ2n) is 4.53. The molecule has 1 heterocycles. The number of ether oxygens (including phenoxy) is 2. The molecular formula is C13H17ClN2O3. The van der Waals surface area contributed by atoms with Gasteiger partial charge in [-0.2, -0.15) is 0 Å². The molecule has 0 radical (unpaired) electrons. The summed E-state index contributed by atoms with van der Waals surface area (Å²) in [6, 6.07) is 3.74. The smallest absolute Gasteiger partial charge is 0.231 e. The summed E-state index contributed by atoms with van der Waals surface area (Å²) in [4.78, 5) is 13.0. The third-order valence-electron chi connectivity index (χ3n) is 2.83. The van der Waals surface area contributed by atoms with Crippen molar-refractivity contribution in [2.24, 2.45) is 0 Å². The van der Waals surface area contributed by atoms with Crippen molar-refractivity contribution in [2.75, 3.05) is 27.4 Å². The summed E-state index contributed by atoms with van der Waals surface area (Å²) < 4.78 is 10.5. The van der Waals surface area contributed by atoms with Crippen molar-refractivity contribution < 1.29 is 14.3 Å². The zero-order valence-electron chi connectivity index (χ0n) is 11.0. The molecule has 104 valence electrons. The molecule has 0 unspecified atom stereocenters. The van der Waals surface area contributed by atoms with Crippen LogP contribution >= 0.6 is 11.6 Å². The largest absolute Gasteiger partial charge is 0.454 e. The number of hydrogen-bond acceptors (Lipinski definition) is 4. The molecule has 19 heavy (non-hydrogen) atoms. The maximum atomic E-state index is 11.4. The van der Waals surface area contributed by atoms with Gasteiger partial charge in [0.25, 0.3) is 0 Å². The number of nitrogens with one attached hydrogen (secondary N) is 1. The number of benzene rings is 1. The van der Waals surface area contributed by atoms with Gasteiger partial charge in [0.05, 0.1) is 5.02 Å². The van der Waals surface area contributed by atoms with Crippen LogP contribution in [0.2, 0.25) is 5.02 Å². The van der Waals surface area contributed by atoms with Crippen LogP contribution in [0.5, 0.6) is 11.5 Å². The highest BCUT2D eigenvalue weighted by molar-refractivity contribution is 6.32. The van der Waals surface area contributed by atoms with E-state index in [-0.39, 0.29) is 12.7 Å². The highest BCUT2D eigenvalue weighted by atomic mass is 35.5. The Hall–Kier alpha value is -1.46. The predicted molar refractivity (Wildman–Crippen MR) is 72.6 cm³/mol. The van der Waals surface area contributed by atoms with E-state index < -0.39 is 0 Å². The van der Waals surface area contributed by atoms with Crippen LogP contribution < -0.4 is 14.8 Å². The first-order valence-corrected chi connectivity index (χ1v) is 6.44. The fourth-order valence-electron chi connectivity index (χ4n) is 1.77. The van der Waals surface area contributed by atoms with Crippen LogP contribution in [0, 0.1) is 0 Å². The number of hydrogen-bond donors (Lipinski definition) is 1. The fraction of sp³-hybridized carbons (Fsp3) is 0.462. The lowest BCUT2D eigenvalue weighted by atomic mass is 10.2. The van der Waals surface area contributed by atoms with Gasteiger partial charge in [0.1, 0.15) is 0 Å². The second-order valence-corrected chi connectivity index (χ2v) is 4.93. The Kier molecular flexibility index (Phi) is 4.50. The normalized spacial score (nSPS) is 12.6. The molecule has 0 aliphatic carbocycles. The molecule has 1 aromatic rings. The third-order valence-corrected chi connectivity index (χ3v) is 3.11. The van der Waals surface area contributed by atoms with Crippen LogP contribution in [0.3, 0.4) is 0 Å². The molecule has 0 bridgehead atoms. The number of rotatable bonds is 5. The van der Waals surface area contributed by atoms with Crippen molar-refractivity contribution in [3.05, 3.63) is 22.7 Å². The van der Waals surface area contributed by atoms with Gasteiger partial charge in [-0.1, -0.05) is 11.6 Å². The van der Waals surface area contributed by atoms with E-state index in [1.165, 1.54) is 0 Å². The Balaban J connectivity index is 1.84. The summed E-state index contributed by atoms with van der Waals surface area (Å²) >= 11 is 6.09. The van der Waals surface area contributed by atoms with E-state index in [0.717, 1.165) is 5.56 Å². The summed E-state index contributed by atoms with van der Waals surface area (Å²) in [5.41, 5.74) is 1.01. The number of fused-ring (bicyclic) bond motifs is 1. The zero-order chi connectivity index (χ0) is 13.8. The minimum Gasteiger partial charge on any atom is -0.454 e. The highest BCUT2D eigenvalue weighted by Gasteiger charge is 2.18. The molecule has 0 aromatic heterocycles. The first-order chi connectivity index (χ1) is 9.08. The van der Waals surface area contributed by atoms with Crippen LogP contribution in [0.1, 0.15) is 12.0 Å². The molecule has 0 atom stereocenters. The number of halogens is 1. The van der Waals surface area contributed by atoms with Crippen LogP contribution in [-0.4, -0.2) is 38.2 Å². The summed E-state index contributed by atoms with van der Waals surface area (Å²) in [5, 5.41) is 3.76. The van der Waals surface area contributed by atoms with Crippen molar-refractivity contribution in [2.45, 2.75) is 13.0 Å². The van der Waals surface area contributed by atoms with E-state index in [0.29, 0.717) is 36.0 Å². The Labute approximate surface area is 117 Å². The molecule has 0 saturated heterocycles. The van der Waals surface area contributed by atoms with Gasteiger partial charge in [-0.3, -0.25) is 4.79 Å². The molecule has 1 aliphatic heterocycles. The molecule has 5 nitrogen and oxygen atoms in total. The van der Waals surface area contributed by atoms with Crippen LogP contribution in [0.25, 0.3) is 0 Å². The minimum atomic E-state index is 0.108. The van der Waals surface area contributed by atoms with Gasteiger partial charge >= 0.3 is 0 Å². The maximum absolute atomic E-state index is 11.4. The molecular weight excluding hydrogens is 268 g/mol. The zero-order valence-corrected chi connectivity index (χ0v) is 11.8. The SMILES string of the molecule is CN(C)C(=O)CCNCc1cc(Cl)c2c(c1)OCO2. The first-order valence-electron chi connectivity index (χ1n) is 6.07. The van der Waals surface area contributed by atoms with Crippen LogP contribution in [0.4, 0.5) is 0 Å². The van der Waals surface area contributed by atoms with E-state index in [2.05, 4.69) is 5.32 Å². The maximum Gasteiger partial charge on any atom is 0.231 e. The van der Waals surface area contributed by atoms with Gasteiger partial charge in [-0.25, -0.2) is 0 Å². The molecule has 0 spiro atoms. The molecule has 0 saturated carbocycles. The number of carbonyl (C=O) groups is 1. The number of nitrogens with zero attached hydrogens (tertiary/aromatic N) is 1. The Bertz CT molecular complexity index is 477. The molecule has 2 rings (SSSR count). The summed E-state index contributed by atoms with van der Waals surface area (Å²) in [6.45, 7) is 1.48. The average Bonchev–Trinajstić information content (AvgIpc) is 2.83. The van der Waals surface area contributed by atoms with Crippen molar-refractivity contribution in [1.29, 1.82) is 0 Å². The van der Waals surface area contributed by atoms with E-state index in [9.17, 15) is 4.79 Å². The molecule has 1 N–H and O–H groups in total. The van der Waals surface area contributed by atoms with Gasteiger partial charge in [0.15, 0.2) is 11.5 Å². The highest BCUT2D eigenvalue weighted by Crippen LogP contribution is 2.39. The lowest BCUT2D eigenvalue weighted by Gasteiger charge is -2.11. The first kappa shape index (κ1) is 14.0. The third kappa shape index (κ3) is 3.52. The molecule has 6 heteroatoms. The Morgan fingerprint density at radius 1 is 1.42 bits per heavy atom. The quantitative estimate of drug-likeness (QED) is 0.835. The Morgan fingerprint density at radius 2 is 2.21 bits per heavy atom. The predicted octanol–water partition coefficient (Wildman–Crippen LogP) is 1.64. The Morgan fingerprint density at radius 3 is 2.95 bits per heavy atom. The monoisotopic (exact) mass is 284 g/mol. The average molecular weight is 285 g/mol. The van der Waals surface area contributed by atoms with Gasteiger partial charge in [0.2, 0.25) is 12.7 Å². The minimum absolute atomic E-state index is 0.108. The lowest BCUT2D eigenvalue weighted by Crippen LogP contribution is -2.26. The topological polar surface area (TPSA) is 50.8 Å². The van der Waals surface area contributed by atoms with Crippen molar-refractivity contribution >= 4 is 17.5 Å². The van der Waals surface area contributed by atoms with Gasteiger partial charge < -0.3 is 19.7 Å². The van der Waals surface area contributed by atoms with Gasteiger partial charge in [-0.15, -0.1) is 0 Å². The molecule has 0 fully saturated rings. The summed E-state index contributed by atoms with van der Waals surface area (Å²) in [6.07, 6.45) is 0.477. The fourth-order valence-corrected chi connectivity index (χ4v) is 2.06. The summed E-state index contributed by atoms with van der Waals surface area (Å²) in [5.74, 6) is 1.39. The molecule has 1 amide bonds. The second kappa shape index (κ2) is 6.12. The van der Waals surface area contributed by atoms with Crippen molar-refractivity contribution in [3.8, 4) is 11.5 Å². The van der Waals surface area contributed by atoms with E-state index in [1.807, 2.05) is 12.1 Å². The van der Waals surface area contributed by atoms with E-state index in [4.69, 9.17) is 21.1 Å². The van der Waals surface area contributed by atoms with Gasteiger partial charge in [0, 0.05) is 33.6 Å². The summed E-state index contributed by atoms with van der Waals surface area (Å²) in [7, 11) is 3.50. The van der Waals surface area contributed by atoms with Crippen molar-refractivity contribution in [3.63, 3.8) is 0 Å². The lowest BCUT2D eigenvalue weighted by molar-refractivity contribution is -0.128.